The first kappa shape index (κ1) is 23.3. The van der Waals surface area contributed by atoms with Crippen molar-refractivity contribution in [2.45, 2.75) is 19.8 Å². The Morgan fingerprint density at radius 1 is 1.12 bits per heavy atom. The highest BCUT2D eigenvalue weighted by atomic mass is 19.1. The number of anilines is 1. The number of halogens is 2. The van der Waals surface area contributed by atoms with Crippen LogP contribution in [0.15, 0.2) is 28.8 Å². The Bertz CT molecular complexity index is 973. The Labute approximate surface area is 183 Å². The van der Waals surface area contributed by atoms with Crippen LogP contribution in [0.5, 0.6) is 0 Å². The molecule has 1 aliphatic rings. The summed E-state index contributed by atoms with van der Waals surface area (Å²) < 4.78 is 31.4. The predicted molar refractivity (Wildman–Crippen MR) is 111 cm³/mol. The molecule has 11 heteroatoms. The van der Waals surface area contributed by atoms with Crippen molar-refractivity contribution in [3.63, 3.8) is 0 Å². The zero-order valence-electron chi connectivity index (χ0n) is 17.7. The minimum atomic E-state index is -0.929. The van der Waals surface area contributed by atoms with Gasteiger partial charge >= 0.3 is 0 Å². The summed E-state index contributed by atoms with van der Waals surface area (Å²) in [4.78, 5) is 40.1. The molecule has 0 atom stereocenters. The molecule has 0 unspecified atom stereocenters. The van der Waals surface area contributed by atoms with Crippen LogP contribution in [0.2, 0.25) is 0 Å². The molecule has 32 heavy (non-hydrogen) atoms. The van der Waals surface area contributed by atoms with Crippen LogP contribution in [-0.2, 0) is 9.59 Å². The van der Waals surface area contributed by atoms with Crippen LogP contribution < -0.4 is 10.6 Å². The van der Waals surface area contributed by atoms with Gasteiger partial charge in [-0.2, -0.15) is 0 Å². The quantitative estimate of drug-likeness (QED) is 0.593. The van der Waals surface area contributed by atoms with Crippen LogP contribution in [0.3, 0.4) is 0 Å². The van der Waals surface area contributed by atoms with Gasteiger partial charge < -0.3 is 20.1 Å². The number of carbonyl (C=O) groups is 3. The lowest BCUT2D eigenvalue weighted by Crippen LogP contribution is -2.50. The molecule has 172 valence electrons. The van der Waals surface area contributed by atoms with E-state index in [1.165, 1.54) is 0 Å². The number of piperazine rings is 1. The zero-order chi connectivity index (χ0) is 23.1. The number of amides is 3. The second-order valence-corrected chi connectivity index (χ2v) is 7.51. The van der Waals surface area contributed by atoms with Crippen LogP contribution in [0.25, 0.3) is 0 Å². The number of aromatic nitrogens is 1. The summed E-state index contributed by atoms with van der Waals surface area (Å²) in [5, 5.41) is 8.91. The van der Waals surface area contributed by atoms with Gasteiger partial charge in [-0.3, -0.25) is 19.3 Å². The van der Waals surface area contributed by atoms with Gasteiger partial charge in [0.05, 0.1) is 12.1 Å². The summed E-state index contributed by atoms with van der Waals surface area (Å²) in [5.41, 5.74) is -0.239. The van der Waals surface area contributed by atoms with Gasteiger partial charge in [0, 0.05) is 51.3 Å². The van der Waals surface area contributed by atoms with E-state index < -0.39 is 17.5 Å². The smallest absolute Gasteiger partial charge is 0.254 e. The van der Waals surface area contributed by atoms with Crippen LogP contribution in [-0.4, -0.2) is 71.9 Å². The molecule has 0 saturated carbocycles. The molecule has 2 aromatic rings. The minimum absolute atomic E-state index is 0.0469. The Balaban J connectivity index is 1.32. The first-order chi connectivity index (χ1) is 15.3. The maximum Gasteiger partial charge on any atom is 0.254 e. The van der Waals surface area contributed by atoms with E-state index in [1.54, 1.807) is 17.9 Å². The highest BCUT2D eigenvalue weighted by Crippen LogP contribution is 2.10. The molecule has 1 saturated heterocycles. The molecule has 9 nitrogen and oxygen atoms in total. The largest absolute Gasteiger partial charge is 0.360 e. The van der Waals surface area contributed by atoms with Crippen molar-refractivity contribution in [3.05, 3.63) is 47.2 Å². The summed E-state index contributed by atoms with van der Waals surface area (Å²) in [6.07, 6.45) is 0.630. The van der Waals surface area contributed by atoms with Crippen LogP contribution in [0.1, 0.15) is 29.0 Å². The number of benzene rings is 1. The van der Waals surface area contributed by atoms with E-state index in [2.05, 4.69) is 15.8 Å². The highest BCUT2D eigenvalue weighted by Gasteiger charge is 2.22. The molecule has 1 fully saturated rings. The molecule has 3 amide bonds. The lowest BCUT2D eigenvalue weighted by molar-refractivity contribution is -0.133. The monoisotopic (exact) mass is 449 g/mol. The number of nitrogens with zero attached hydrogens (tertiary/aromatic N) is 3. The third kappa shape index (κ3) is 6.58. The summed E-state index contributed by atoms with van der Waals surface area (Å²) in [5.74, 6) is -1.61. The van der Waals surface area contributed by atoms with Crippen molar-refractivity contribution in [2.75, 3.05) is 44.6 Å². The number of rotatable bonds is 8. The number of carbonyl (C=O) groups excluding carboxylic acids is 3. The van der Waals surface area contributed by atoms with Crippen molar-refractivity contribution in [1.82, 2.24) is 20.3 Å². The van der Waals surface area contributed by atoms with Crippen molar-refractivity contribution >= 4 is 23.5 Å². The van der Waals surface area contributed by atoms with Gasteiger partial charge in [-0.25, -0.2) is 8.78 Å². The Kier molecular flexibility index (Phi) is 7.87. The van der Waals surface area contributed by atoms with Crippen molar-refractivity contribution < 1.29 is 27.7 Å². The summed E-state index contributed by atoms with van der Waals surface area (Å²) >= 11 is 0. The van der Waals surface area contributed by atoms with E-state index in [-0.39, 0.29) is 36.9 Å². The SMILES string of the molecule is Cc1cc(NC(=O)CN2CCN(C(=O)CCCNC(=O)c3ccc(F)cc3F)CC2)no1. The second kappa shape index (κ2) is 10.8. The average molecular weight is 449 g/mol. The third-order valence-corrected chi connectivity index (χ3v) is 5.02. The van der Waals surface area contributed by atoms with Gasteiger partial charge in [-0.05, 0) is 25.5 Å². The first-order valence-corrected chi connectivity index (χ1v) is 10.3. The molecule has 0 spiro atoms. The lowest BCUT2D eigenvalue weighted by atomic mass is 10.2. The molecule has 1 aromatic heterocycles. The minimum Gasteiger partial charge on any atom is -0.360 e. The molecule has 3 rings (SSSR count). The van der Waals surface area contributed by atoms with E-state index in [9.17, 15) is 23.2 Å². The number of hydrogen-bond donors (Lipinski definition) is 2. The van der Waals surface area contributed by atoms with E-state index in [1.807, 2.05) is 4.90 Å². The topological polar surface area (TPSA) is 108 Å². The third-order valence-electron chi connectivity index (χ3n) is 5.02. The molecule has 1 aromatic carbocycles. The van der Waals surface area contributed by atoms with Gasteiger partial charge in [-0.1, -0.05) is 5.16 Å². The van der Waals surface area contributed by atoms with Crippen molar-refractivity contribution in [3.8, 4) is 0 Å². The van der Waals surface area contributed by atoms with Gasteiger partial charge in [-0.15, -0.1) is 0 Å². The summed E-state index contributed by atoms with van der Waals surface area (Å²) in [7, 11) is 0. The highest BCUT2D eigenvalue weighted by molar-refractivity contribution is 5.94. The van der Waals surface area contributed by atoms with Gasteiger partial charge in [0.1, 0.15) is 17.4 Å². The zero-order valence-corrected chi connectivity index (χ0v) is 17.7. The van der Waals surface area contributed by atoms with E-state index >= 15 is 0 Å². The molecule has 0 bridgehead atoms. The van der Waals surface area contributed by atoms with Crippen LogP contribution >= 0.6 is 0 Å². The molecule has 2 heterocycles. The molecule has 0 radical (unpaired) electrons. The Hall–Kier alpha value is -3.34. The molecule has 0 aliphatic carbocycles. The fraction of sp³-hybridized carbons (Fsp3) is 0.429. The standard InChI is InChI=1S/C21H25F2N5O4/c1-14-11-18(26-32-14)25-19(29)13-27-7-9-28(10-8-27)20(30)3-2-6-24-21(31)16-5-4-15(22)12-17(16)23/h4-5,11-12H,2-3,6-10,13H2,1H3,(H,24,31)(H,25,26,29). The summed E-state index contributed by atoms with van der Waals surface area (Å²) in [6, 6.07) is 4.38. The fourth-order valence-electron chi connectivity index (χ4n) is 3.33. The predicted octanol–water partition coefficient (Wildman–Crippen LogP) is 1.55. The maximum atomic E-state index is 13.6. The van der Waals surface area contributed by atoms with Gasteiger partial charge in [0.25, 0.3) is 5.91 Å². The van der Waals surface area contributed by atoms with E-state index in [4.69, 9.17) is 4.52 Å². The summed E-state index contributed by atoms with van der Waals surface area (Å²) in [6.45, 7) is 4.26. The molecular weight excluding hydrogens is 424 g/mol. The van der Waals surface area contributed by atoms with Crippen LogP contribution in [0.4, 0.5) is 14.6 Å². The van der Waals surface area contributed by atoms with Gasteiger partial charge in [0.15, 0.2) is 5.82 Å². The number of hydrogen-bond acceptors (Lipinski definition) is 6. The first-order valence-electron chi connectivity index (χ1n) is 10.3. The second-order valence-electron chi connectivity index (χ2n) is 7.51. The normalized spacial score (nSPS) is 14.3. The Morgan fingerprint density at radius 2 is 1.88 bits per heavy atom. The Morgan fingerprint density at radius 3 is 2.53 bits per heavy atom. The molecule has 1 aliphatic heterocycles. The van der Waals surface area contributed by atoms with Crippen molar-refractivity contribution in [2.24, 2.45) is 0 Å². The van der Waals surface area contributed by atoms with Crippen molar-refractivity contribution in [1.29, 1.82) is 0 Å². The van der Waals surface area contributed by atoms with Gasteiger partial charge in [0.2, 0.25) is 11.8 Å². The average Bonchev–Trinajstić information content (AvgIpc) is 3.15. The van der Waals surface area contributed by atoms with E-state index in [0.717, 1.165) is 12.1 Å². The van der Waals surface area contributed by atoms with E-state index in [0.29, 0.717) is 50.2 Å². The molecule has 2 N–H and O–H groups in total. The number of nitrogens with one attached hydrogen (secondary N) is 2. The fourth-order valence-corrected chi connectivity index (χ4v) is 3.33. The van der Waals surface area contributed by atoms with Crippen LogP contribution in [0, 0.1) is 18.6 Å². The maximum absolute atomic E-state index is 13.6. The molecular formula is C21H25F2N5O4. The number of aryl methyl sites for hydroxylation is 1. The lowest BCUT2D eigenvalue weighted by Gasteiger charge is -2.34.